The van der Waals surface area contributed by atoms with Gasteiger partial charge in [0.05, 0.1) is 47.1 Å². The maximum atomic E-state index is 12.8. The number of nitrogens with one attached hydrogen (secondary N) is 1. The van der Waals surface area contributed by atoms with Crippen molar-refractivity contribution >= 4 is 23.0 Å². The van der Waals surface area contributed by atoms with Gasteiger partial charge in [-0.25, -0.2) is 5.84 Å². The summed E-state index contributed by atoms with van der Waals surface area (Å²) in [7, 11) is 0. The summed E-state index contributed by atoms with van der Waals surface area (Å²) in [5.74, 6) is 5.89. The van der Waals surface area contributed by atoms with Crippen molar-refractivity contribution in [3.8, 4) is 6.07 Å². The van der Waals surface area contributed by atoms with Crippen molar-refractivity contribution in [2.24, 2.45) is 11.6 Å². The summed E-state index contributed by atoms with van der Waals surface area (Å²) in [5.41, 5.74) is 9.81. The number of aliphatic hydroxyl groups is 1. The standard InChI is InChI=1S/C25H27N7O2/c1-16-23(32(28)13-22(27)19-7-17(14-33)10-29-11-19)9-21(12-30-16)31-24(34)18-5-4-6-20(8-18)25(2,3)15-26/h4-13,33H,14,27-28H2,1-3H3,(H,31,34)/b22-13-. The highest BCUT2D eigenvalue weighted by Gasteiger charge is 2.21. The van der Waals surface area contributed by atoms with Crippen LogP contribution in [0.15, 0.2) is 61.2 Å². The number of hydrogen-bond acceptors (Lipinski definition) is 8. The number of rotatable bonds is 7. The van der Waals surface area contributed by atoms with Crippen LogP contribution in [0.5, 0.6) is 0 Å². The van der Waals surface area contributed by atoms with Gasteiger partial charge in [-0.3, -0.25) is 19.8 Å². The summed E-state index contributed by atoms with van der Waals surface area (Å²) in [6, 6.07) is 12.6. The molecular weight excluding hydrogens is 430 g/mol. The lowest BCUT2D eigenvalue weighted by Gasteiger charge is -2.19. The van der Waals surface area contributed by atoms with Gasteiger partial charge in [0.1, 0.15) is 0 Å². The molecule has 1 aromatic carbocycles. The summed E-state index contributed by atoms with van der Waals surface area (Å²) in [6.45, 7) is 5.23. The topological polar surface area (TPSA) is 154 Å². The number of anilines is 2. The Bertz CT molecular complexity index is 1280. The maximum Gasteiger partial charge on any atom is 0.255 e. The van der Waals surface area contributed by atoms with Gasteiger partial charge in [-0.05, 0) is 56.2 Å². The van der Waals surface area contributed by atoms with Gasteiger partial charge in [0.25, 0.3) is 5.91 Å². The molecule has 174 valence electrons. The number of nitrogens with two attached hydrogens (primary N) is 2. The van der Waals surface area contributed by atoms with Crippen LogP contribution in [0.25, 0.3) is 5.70 Å². The number of benzene rings is 1. The highest BCUT2D eigenvalue weighted by molar-refractivity contribution is 6.04. The molecule has 3 aromatic rings. The van der Waals surface area contributed by atoms with Crippen LogP contribution in [0.3, 0.4) is 0 Å². The average molecular weight is 458 g/mol. The summed E-state index contributed by atoms with van der Waals surface area (Å²) >= 11 is 0. The highest BCUT2D eigenvalue weighted by Crippen LogP contribution is 2.25. The van der Waals surface area contributed by atoms with E-state index in [4.69, 9.17) is 11.6 Å². The molecule has 2 heterocycles. The highest BCUT2D eigenvalue weighted by atomic mass is 16.3. The second kappa shape index (κ2) is 10.1. The molecule has 1 amide bonds. The second-order valence-corrected chi connectivity index (χ2v) is 8.33. The van der Waals surface area contributed by atoms with Crippen molar-refractivity contribution in [2.75, 3.05) is 10.3 Å². The molecule has 0 unspecified atom stereocenters. The number of carbonyl (C=O) groups is 1. The number of aromatic nitrogens is 2. The monoisotopic (exact) mass is 457 g/mol. The van der Waals surface area contributed by atoms with Crippen LogP contribution in [0, 0.1) is 18.3 Å². The SMILES string of the molecule is Cc1ncc(NC(=O)c2cccc(C(C)(C)C#N)c2)cc1N(N)/C=C(\N)c1cncc(CO)c1. The molecule has 0 aliphatic rings. The fraction of sp³-hybridized carbons (Fsp3) is 0.200. The Balaban J connectivity index is 1.83. The van der Waals surface area contributed by atoms with Crippen molar-refractivity contribution in [1.82, 2.24) is 9.97 Å². The average Bonchev–Trinajstić information content (AvgIpc) is 2.85. The molecule has 6 N–H and O–H groups in total. The summed E-state index contributed by atoms with van der Waals surface area (Å²) in [6.07, 6.45) is 6.17. The molecule has 0 radical (unpaired) electrons. The summed E-state index contributed by atoms with van der Waals surface area (Å²) in [4.78, 5) is 21.2. The Hall–Kier alpha value is -4.26. The van der Waals surface area contributed by atoms with Crippen LogP contribution in [0.1, 0.15) is 46.6 Å². The number of hydrazine groups is 1. The normalized spacial score (nSPS) is 11.6. The third-order valence-corrected chi connectivity index (χ3v) is 5.31. The Morgan fingerprint density at radius 2 is 2.00 bits per heavy atom. The molecular formula is C25H27N7O2. The number of carbonyl (C=O) groups excluding carboxylic acids is 1. The van der Waals surface area contributed by atoms with E-state index in [1.54, 1.807) is 63.5 Å². The molecule has 34 heavy (non-hydrogen) atoms. The molecule has 0 saturated heterocycles. The molecule has 0 spiro atoms. The molecule has 2 aromatic heterocycles. The van der Waals surface area contributed by atoms with Crippen molar-refractivity contribution in [3.63, 3.8) is 0 Å². The number of hydrogen-bond donors (Lipinski definition) is 4. The zero-order valence-electron chi connectivity index (χ0n) is 19.3. The minimum Gasteiger partial charge on any atom is -0.397 e. The molecule has 0 atom stereocenters. The Kier molecular flexibility index (Phi) is 7.26. The fourth-order valence-corrected chi connectivity index (χ4v) is 3.19. The minimum absolute atomic E-state index is 0.151. The van der Waals surface area contributed by atoms with Crippen LogP contribution in [0.2, 0.25) is 0 Å². The smallest absolute Gasteiger partial charge is 0.255 e. The van der Waals surface area contributed by atoms with Gasteiger partial charge in [-0.15, -0.1) is 0 Å². The van der Waals surface area contributed by atoms with E-state index in [0.717, 1.165) is 5.56 Å². The first-order chi connectivity index (χ1) is 16.1. The van der Waals surface area contributed by atoms with E-state index in [-0.39, 0.29) is 12.5 Å². The lowest BCUT2D eigenvalue weighted by Crippen LogP contribution is -2.27. The van der Waals surface area contributed by atoms with Crippen LogP contribution >= 0.6 is 0 Å². The van der Waals surface area contributed by atoms with Gasteiger partial charge < -0.3 is 16.2 Å². The molecule has 0 fully saturated rings. The quantitative estimate of drug-likeness (QED) is 0.312. The van der Waals surface area contributed by atoms with E-state index in [1.807, 2.05) is 6.07 Å². The van der Waals surface area contributed by atoms with Crippen molar-refractivity contribution in [2.45, 2.75) is 32.8 Å². The van der Waals surface area contributed by atoms with E-state index in [0.29, 0.717) is 39.5 Å². The largest absolute Gasteiger partial charge is 0.397 e. The number of nitrogens with zero attached hydrogens (tertiary/aromatic N) is 4. The molecule has 3 rings (SSSR count). The lowest BCUT2D eigenvalue weighted by molar-refractivity contribution is 0.102. The van der Waals surface area contributed by atoms with Gasteiger partial charge in [-0.1, -0.05) is 12.1 Å². The van der Waals surface area contributed by atoms with Gasteiger partial charge in [0.15, 0.2) is 0 Å². The molecule has 0 aliphatic heterocycles. The Morgan fingerprint density at radius 1 is 1.24 bits per heavy atom. The Labute approximate surface area is 198 Å². The summed E-state index contributed by atoms with van der Waals surface area (Å²) < 4.78 is 0. The first kappa shape index (κ1) is 24.4. The second-order valence-electron chi connectivity index (χ2n) is 8.33. The predicted octanol–water partition coefficient (Wildman–Crippen LogP) is 2.97. The first-order valence-corrected chi connectivity index (χ1v) is 10.5. The Morgan fingerprint density at radius 3 is 2.71 bits per heavy atom. The predicted molar refractivity (Wildman–Crippen MR) is 131 cm³/mol. The van der Waals surface area contributed by atoms with Crippen LogP contribution < -0.4 is 21.9 Å². The number of nitriles is 1. The van der Waals surface area contributed by atoms with Gasteiger partial charge >= 0.3 is 0 Å². The molecule has 9 heteroatoms. The van der Waals surface area contributed by atoms with Crippen molar-refractivity contribution < 1.29 is 9.90 Å². The van der Waals surface area contributed by atoms with Crippen LogP contribution in [0.4, 0.5) is 11.4 Å². The maximum absolute atomic E-state index is 12.8. The lowest BCUT2D eigenvalue weighted by atomic mass is 9.85. The van der Waals surface area contributed by atoms with Crippen molar-refractivity contribution in [1.29, 1.82) is 5.26 Å². The summed E-state index contributed by atoms with van der Waals surface area (Å²) in [5, 5.41) is 22.8. The van der Waals surface area contributed by atoms with Crippen molar-refractivity contribution in [3.05, 3.63) is 89.1 Å². The number of aryl methyl sites for hydroxylation is 1. The number of aliphatic hydroxyl groups excluding tert-OH is 1. The first-order valence-electron chi connectivity index (χ1n) is 10.5. The van der Waals surface area contributed by atoms with E-state index >= 15 is 0 Å². The third-order valence-electron chi connectivity index (χ3n) is 5.31. The van der Waals surface area contributed by atoms with E-state index in [9.17, 15) is 15.2 Å². The van der Waals surface area contributed by atoms with Crippen LogP contribution in [-0.4, -0.2) is 21.0 Å². The van der Waals surface area contributed by atoms with Gasteiger partial charge in [0, 0.05) is 29.7 Å². The fourth-order valence-electron chi connectivity index (χ4n) is 3.19. The zero-order valence-corrected chi connectivity index (χ0v) is 19.3. The van der Waals surface area contributed by atoms with Gasteiger partial charge in [0.2, 0.25) is 0 Å². The van der Waals surface area contributed by atoms with E-state index < -0.39 is 5.41 Å². The third kappa shape index (κ3) is 5.56. The molecule has 0 aliphatic carbocycles. The van der Waals surface area contributed by atoms with E-state index in [1.165, 1.54) is 17.4 Å². The zero-order chi connectivity index (χ0) is 24.9. The van der Waals surface area contributed by atoms with E-state index in [2.05, 4.69) is 21.4 Å². The minimum atomic E-state index is -0.715. The van der Waals surface area contributed by atoms with Crippen LogP contribution in [-0.2, 0) is 12.0 Å². The molecule has 0 bridgehead atoms. The number of pyridine rings is 2. The van der Waals surface area contributed by atoms with Gasteiger partial charge in [-0.2, -0.15) is 5.26 Å². The molecule has 0 saturated carbocycles. The number of amides is 1. The molecule has 9 nitrogen and oxygen atoms in total.